The van der Waals surface area contributed by atoms with Gasteiger partial charge in [-0.3, -0.25) is 0 Å². The van der Waals surface area contributed by atoms with Crippen molar-refractivity contribution in [2.75, 3.05) is 11.4 Å². The molecular weight excluding hydrogens is 348 g/mol. The van der Waals surface area contributed by atoms with E-state index >= 15 is 0 Å². The molecule has 5 nitrogen and oxygen atoms in total. The second-order valence-electron chi connectivity index (χ2n) is 6.24. The average molecular weight is 364 g/mol. The zero-order valence-corrected chi connectivity index (χ0v) is 14.3. The van der Waals surface area contributed by atoms with Gasteiger partial charge in [-0.2, -0.15) is 19.6 Å². The van der Waals surface area contributed by atoms with Crippen LogP contribution in [0.15, 0.2) is 24.5 Å². The van der Waals surface area contributed by atoms with Gasteiger partial charge in [-0.05, 0) is 43.9 Å². The molecule has 0 radical (unpaired) electrons. The van der Waals surface area contributed by atoms with E-state index in [0.717, 1.165) is 37.9 Å². The molecule has 1 unspecified atom stereocenters. The number of piperidine rings is 1. The van der Waals surface area contributed by atoms with Crippen LogP contribution in [0.1, 0.15) is 26.2 Å². The number of hydrogen-bond donors (Lipinski definition) is 0. The summed E-state index contributed by atoms with van der Waals surface area (Å²) in [4.78, 5) is 10.6. The van der Waals surface area contributed by atoms with E-state index in [9.17, 15) is 8.78 Å². The lowest BCUT2D eigenvalue weighted by molar-refractivity contribution is 0.478. The Balaban J connectivity index is 2.00. The lowest BCUT2D eigenvalue weighted by Crippen LogP contribution is -2.39. The lowest BCUT2D eigenvalue weighted by Gasteiger charge is -2.36. The maximum atomic E-state index is 13.8. The van der Waals surface area contributed by atoms with Gasteiger partial charge in [0.1, 0.15) is 17.3 Å². The summed E-state index contributed by atoms with van der Waals surface area (Å²) in [5.41, 5.74) is 0.994. The van der Waals surface area contributed by atoms with Crippen LogP contribution in [-0.2, 0) is 0 Å². The summed E-state index contributed by atoms with van der Waals surface area (Å²) in [6.45, 7) is 2.96. The van der Waals surface area contributed by atoms with Crippen molar-refractivity contribution < 1.29 is 8.78 Å². The summed E-state index contributed by atoms with van der Waals surface area (Å²) < 4.78 is 28.8. The molecule has 0 saturated carbocycles. The molecule has 2 aromatic heterocycles. The lowest BCUT2D eigenvalue weighted by atomic mass is 10.0. The third-order valence-corrected chi connectivity index (χ3v) is 4.92. The predicted molar refractivity (Wildman–Crippen MR) is 91.8 cm³/mol. The Bertz CT molecular complexity index is 942. The molecule has 1 saturated heterocycles. The monoisotopic (exact) mass is 363 g/mol. The zero-order chi connectivity index (χ0) is 17.6. The molecule has 0 aliphatic carbocycles. The number of rotatable bonds is 2. The maximum absolute atomic E-state index is 13.8. The Morgan fingerprint density at radius 3 is 2.80 bits per heavy atom. The Hall–Kier alpha value is -2.28. The fourth-order valence-electron chi connectivity index (χ4n) is 3.38. The van der Waals surface area contributed by atoms with Crippen molar-refractivity contribution in [3.8, 4) is 11.1 Å². The SMILES string of the molecule is CC1CCCCN1c1c(-c2ccc(F)c(F)c2)c(Cl)nc2ncnn12. The van der Waals surface area contributed by atoms with E-state index in [1.54, 1.807) is 4.52 Å². The van der Waals surface area contributed by atoms with Gasteiger partial charge in [0.05, 0.1) is 5.56 Å². The van der Waals surface area contributed by atoms with Crippen molar-refractivity contribution in [3.05, 3.63) is 41.3 Å². The van der Waals surface area contributed by atoms with Crippen molar-refractivity contribution in [1.29, 1.82) is 0 Å². The topological polar surface area (TPSA) is 46.3 Å². The maximum Gasteiger partial charge on any atom is 0.255 e. The van der Waals surface area contributed by atoms with Crippen molar-refractivity contribution in [2.45, 2.75) is 32.2 Å². The van der Waals surface area contributed by atoms with Crippen LogP contribution in [0.3, 0.4) is 0 Å². The Morgan fingerprint density at radius 1 is 1.20 bits per heavy atom. The van der Waals surface area contributed by atoms with E-state index in [0.29, 0.717) is 22.7 Å². The van der Waals surface area contributed by atoms with Crippen LogP contribution < -0.4 is 4.90 Å². The highest BCUT2D eigenvalue weighted by molar-refractivity contribution is 6.33. The van der Waals surface area contributed by atoms with E-state index in [2.05, 4.69) is 26.9 Å². The molecule has 1 aromatic carbocycles. The van der Waals surface area contributed by atoms with Crippen LogP contribution in [0.5, 0.6) is 0 Å². The van der Waals surface area contributed by atoms with Crippen molar-refractivity contribution in [2.24, 2.45) is 0 Å². The normalized spacial score (nSPS) is 18.1. The average Bonchev–Trinajstić information content (AvgIpc) is 3.05. The number of aromatic nitrogens is 4. The first kappa shape index (κ1) is 16.2. The molecule has 1 aliphatic rings. The van der Waals surface area contributed by atoms with Gasteiger partial charge in [0.25, 0.3) is 5.78 Å². The van der Waals surface area contributed by atoms with Gasteiger partial charge in [0, 0.05) is 12.6 Å². The highest BCUT2D eigenvalue weighted by Crippen LogP contribution is 2.38. The van der Waals surface area contributed by atoms with Crippen molar-refractivity contribution in [3.63, 3.8) is 0 Å². The first-order valence-electron chi connectivity index (χ1n) is 8.17. The third-order valence-electron chi connectivity index (χ3n) is 4.64. The number of anilines is 1. The van der Waals surface area contributed by atoms with Gasteiger partial charge in [0.2, 0.25) is 0 Å². The van der Waals surface area contributed by atoms with E-state index in [-0.39, 0.29) is 11.2 Å². The molecule has 1 fully saturated rings. The minimum atomic E-state index is -0.926. The molecule has 0 N–H and O–H groups in total. The smallest absolute Gasteiger partial charge is 0.255 e. The fraction of sp³-hybridized carbons (Fsp3) is 0.353. The van der Waals surface area contributed by atoms with E-state index in [4.69, 9.17) is 11.6 Å². The number of fused-ring (bicyclic) bond motifs is 1. The van der Waals surface area contributed by atoms with Gasteiger partial charge in [0.15, 0.2) is 11.6 Å². The van der Waals surface area contributed by atoms with Gasteiger partial charge in [-0.15, -0.1) is 0 Å². The highest BCUT2D eigenvalue weighted by atomic mass is 35.5. The Kier molecular flexibility index (Phi) is 4.03. The van der Waals surface area contributed by atoms with Gasteiger partial charge >= 0.3 is 0 Å². The molecule has 4 rings (SSSR count). The number of benzene rings is 1. The summed E-state index contributed by atoms with van der Waals surface area (Å²) in [6, 6.07) is 4.00. The first-order valence-corrected chi connectivity index (χ1v) is 8.55. The minimum Gasteiger partial charge on any atom is -0.353 e. The predicted octanol–water partition coefficient (Wildman–Crippen LogP) is 4.10. The van der Waals surface area contributed by atoms with Crippen LogP contribution >= 0.6 is 11.6 Å². The van der Waals surface area contributed by atoms with Crippen LogP contribution in [0.4, 0.5) is 14.6 Å². The second kappa shape index (κ2) is 6.22. The number of nitrogens with zero attached hydrogens (tertiary/aromatic N) is 5. The van der Waals surface area contributed by atoms with Gasteiger partial charge in [-0.25, -0.2) is 8.78 Å². The summed E-state index contributed by atoms with van der Waals surface area (Å²) in [5.74, 6) is -0.734. The largest absolute Gasteiger partial charge is 0.353 e. The summed E-state index contributed by atoms with van der Waals surface area (Å²) in [7, 11) is 0. The molecular formula is C17H16ClF2N5. The molecule has 130 valence electrons. The Morgan fingerprint density at radius 2 is 2.04 bits per heavy atom. The van der Waals surface area contributed by atoms with Crippen LogP contribution in [-0.4, -0.2) is 32.2 Å². The minimum absolute atomic E-state index is 0.194. The number of hydrogen-bond acceptors (Lipinski definition) is 4. The van der Waals surface area contributed by atoms with Crippen molar-refractivity contribution >= 4 is 23.2 Å². The number of halogens is 3. The molecule has 8 heteroatoms. The molecule has 3 heterocycles. The third kappa shape index (κ3) is 2.72. The fourth-order valence-corrected chi connectivity index (χ4v) is 3.65. The van der Waals surface area contributed by atoms with Gasteiger partial charge < -0.3 is 4.90 Å². The van der Waals surface area contributed by atoms with Crippen LogP contribution in [0.2, 0.25) is 5.15 Å². The van der Waals surface area contributed by atoms with Crippen LogP contribution in [0.25, 0.3) is 16.9 Å². The van der Waals surface area contributed by atoms with Gasteiger partial charge in [-0.1, -0.05) is 17.7 Å². The summed E-state index contributed by atoms with van der Waals surface area (Å²) in [6.07, 6.45) is 4.63. The quantitative estimate of drug-likeness (QED) is 0.643. The zero-order valence-electron chi connectivity index (χ0n) is 13.6. The standard InChI is InChI=1S/C17H16ClF2N5/c1-10-4-2-3-7-24(10)16-14(11-5-6-12(19)13(20)8-11)15(18)23-17-21-9-22-25(16)17/h5-6,8-10H,2-4,7H2,1H3. The molecule has 0 bridgehead atoms. The van der Waals surface area contributed by atoms with Crippen molar-refractivity contribution in [1.82, 2.24) is 19.6 Å². The second-order valence-corrected chi connectivity index (χ2v) is 6.60. The molecule has 25 heavy (non-hydrogen) atoms. The van der Waals surface area contributed by atoms with E-state index in [1.165, 1.54) is 12.4 Å². The molecule has 1 aliphatic heterocycles. The highest BCUT2D eigenvalue weighted by Gasteiger charge is 2.27. The summed E-state index contributed by atoms with van der Waals surface area (Å²) >= 11 is 6.42. The van der Waals surface area contributed by atoms with E-state index in [1.807, 2.05) is 0 Å². The first-order chi connectivity index (χ1) is 12.1. The van der Waals surface area contributed by atoms with Crippen LogP contribution in [0, 0.1) is 11.6 Å². The molecule has 0 spiro atoms. The molecule has 0 amide bonds. The Labute approximate surface area is 148 Å². The summed E-state index contributed by atoms with van der Waals surface area (Å²) in [5, 5.41) is 4.46. The van der Waals surface area contributed by atoms with E-state index < -0.39 is 11.6 Å². The molecule has 3 aromatic rings. The molecule has 1 atom stereocenters.